The van der Waals surface area contributed by atoms with Crippen molar-refractivity contribution in [1.82, 2.24) is 20.0 Å². The molecule has 24 heavy (non-hydrogen) atoms. The van der Waals surface area contributed by atoms with Gasteiger partial charge in [-0.05, 0) is 33.2 Å². The van der Waals surface area contributed by atoms with E-state index in [0.717, 1.165) is 17.9 Å². The Morgan fingerprint density at radius 2 is 2.17 bits per heavy atom. The van der Waals surface area contributed by atoms with Gasteiger partial charge in [0, 0.05) is 20.0 Å². The molecule has 0 aliphatic carbocycles. The molecule has 1 saturated heterocycles. The number of hydrogen-bond donors (Lipinski definition) is 0. The predicted octanol–water partition coefficient (Wildman–Crippen LogP) is 2.56. The first-order valence-electron chi connectivity index (χ1n) is 8.11. The molecule has 2 atom stereocenters. The Morgan fingerprint density at radius 3 is 2.71 bits per heavy atom. The number of carbonyl (C=O) groups is 1. The molecule has 1 fully saturated rings. The van der Waals surface area contributed by atoms with Crippen LogP contribution in [0.5, 0.6) is 0 Å². The summed E-state index contributed by atoms with van der Waals surface area (Å²) in [6.45, 7) is 5.15. The highest BCUT2D eigenvalue weighted by atomic mass is 19.4. The van der Waals surface area contributed by atoms with Gasteiger partial charge < -0.3 is 9.32 Å². The van der Waals surface area contributed by atoms with Gasteiger partial charge in [-0.2, -0.15) is 13.2 Å². The van der Waals surface area contributed by atoms with E-state index in [1.165, 1.54) is 0 Å². The van der Waals surface area contributed by atoms with E-state index in [0.29, 0.717) is 24.7 Å². The van der Waals surface area contributed by atoms with Gasteiger partial charge in [-0.3, -0.25) is 9.69 Å². The Hall–Kier alpha value is -1.64. The number of amides is 1. The molecule has 1 aromatic heterocycles. The molecule has 0 spiro atoms. The normalized spacial score (nSPS) is 20.8. The van der Waals surface area contributed by atoms with Gasteiger partial charge in [-0.25, -0.2) is 0 Å². The van der Waals surface area contributed by atoms with Crippen molar-refractivity contribution in [2.45, 2.75) is 45.8 Å². The molecule has 1 aliphatic rings. The lowest BCUT2D eigenvalue weighted by molar-refractivity contribution is -0.164. The van der Waals surface area contributed by atoms with E-state index < -0.39 is 24.5 Å². The summed E-state index contributed by atoms with van der Waals surface area (Å²) in [6.07, 6.45) is -3.04. The molecule has 1 aromatic rings. The maximum absolute atomic E-state index is 12.6. The number of piperidine rings is 1. The van der Waals surface area contributed by atoms with E-state index in [1.54, 1.807) is 13.8 Å². The predicted molar refractivity (Wildman–Crippen MR) is 80.1 cm³/mol. The van der Waals surface area contributed by atoms with Crippen molar-refractivity contribution in [2.75, 3.05) is 26.2 Å². The number of halogens is 3. The number of alkyl halides is 3. The molecular formula is C15H23F3N4O2. The summed E-state index contributed by atoms with van der Waals surface area (Å²) in [4.78, 5) is 15.4. The fraction of sp³-hybridized carbons (Fsp3) is 0.800. The average Bonchev–Trinajstić information content (AvgIpc) is 2.97. The Balaban J connectivity index is 2.02. The molecule has 0 bridgehead atoms. The number of aryl methyl sites for hydroxylation is 1. The molecule has 6 nitrogen and oxygen atoms in total. The average molecular weight is 348 g/mol. The third-order valence-electron chi connectivity index (χ3n) is 4.31. The van der Waals surface area contributed by atoms with Gasteiger partial charge in [-0.1, -0.05) is 0 Å². The first-order chi connectivity index (χ1) is 11.2. The molecular weight excluding hydrogens is 325 g/mol. The lowest BCUT2D eigenvalue weighted by Gasteiger charge is -2.36. The summed E-state index contributed by atoms with van der Waals surface area (Å²) in [5.74, 6) is 0.0491. The van der Waals surface area contributed by atoms with E-state index >= 15 is 0 Å². The van der Waals surface area contributed by atoms with Crippen molar-refractivity contribution in [2.24, 2.45) is 5.92 Å². The van der Waals surface area contributed by atoms with Crippen LogP contribution in [0.25, 0.3) is 0 Å². The van der Waals surface area contributed by atoms with Gasteiger partial charge in [0.1, 0.15) is 6.54 Å². The molecule has 0 N–H and O–H groups in total. The van der Waals surface area contributed by atoms with Gasteiger partial charge in [0.05, 0.1) is 12.0 Å². The van der Waals surface area contributed by atoms with Crippen LogP contribution >= 0.6 is 0 Å². The Labute approximate surface area is 139 Å². The van der Waals surface area contributed by atoms with E-state index in [4.69, 9.17) is 4.42 Å². The molecule has 1 aliphatic heterocycles. The van der Waals surface area contributed by atoms with Crippen molar-refractivity contribution in [3.05, 3.63) is 11.8 Å². The summed E-state index contributed by atoms with van der Waals surface area (Å²) >= 11 is 0. The second-order valence-electron chi connectivity index (χ2n) is 6.14. The lowest BCUT2D eigenvalue weighted by atomic mass is 9.95. The first-order valence-corrected chi connectivity index (χ1v) is 8.11. The largest absolute Gasteiger partial charge is 0.424 e. The quantitative estimate of drug-likeness (QED) is 0.818. The monoisotopic (exact) mass is 348 g/mol. The number of carbonyl (C=O) groups excluding carboxylic acids is 1. The first kappa shape index (κ1) is 18.7. The zero-order valence-corrected chi connectivity index (χ0v) is 14.1. The van der Waals surface area contributed by atoms with Crippen molar-refractivity contribution >= 4 is 5.91 Å². The van der Waals surface area contributed by atoms with Crippen molar-refractivity contribution < 1.29 is 22.4 Å². The maximum atomic E-state index is 12.6. The van der Waals surface area contributed by atoms with E-state index in [-0.39, 0.29) is 12.6 Å². The van der Waals surface area contributed by atoms with E-state index in [2.05, 4.69) is 10.2 Å². The van der Waals surface area contributed by atoms with Gasteiger partial charge in [0.15, 0.2) is 0 Å². The molecule has 1 amide bonds. The topological polar surface area (TPSA) is 62.5 Å². The van der Waals surface area contributed by atoms with Gasteiger partial charge >= 0.3 is 6.18 Å². The smallest absolute Gasteiger partial charge is 0.406 e. The second kappa shape index (κ2) is 7.50. The van der Waals surface area contributed by atoms with Crippen LogP contribution in [0.1, 0.15) is 44.5 Å². The van der Waals surface area contributed by atoms with Gasteiger partial charge in [0.25, 0.3) is 0 Å². The number of aromatic nitrogens is 2. The van der Waals surface area contributed by atoms with Crippen LogP contribution in [0, 0.1) is 12.8 Å². The highest BCUT2D eigenvalue weighted by Crippen LogP contribution is 2.28. The Bertz CT molecular complexity index is 561. The van der Waals surface area contributed by atoms with Crippen LogP contribution in [0.4, 0.5) is 13.2 Å². The fourth-order valence-corrected chi connectivity index (χ4v) is 3.02. The van der Waals surface area contributed by atoms with Crippen LogP contribution in [0.15, 0.2) is 4.42 Å². The van der Waals surface area contributed by atoms with Crippen molar-refractivity contribution in [1.29, 1.82) is 0 Å². The molecule has 0 aromatic carbocycles. The van der Waals surface area contributed by atoms with Crippen LogP contribution in [-0.4, -0.2) is 58.3 Å². The molecule has 0 unspecified atom stereocenters. The highest BCUT2D eigenvalue weighted by Gasteiger charge is 2.37. The van der Waals surface area contributed by atoms with E-state index in [1.807, 2.05) is 11.8 Å². The molecule has 9 heteroatoms. The number of rotatable bonds is 5. The minimum atomic E-state index is -4.38. The summed E-state index contributed by atoms with van der Waals surface area (Å²) in [5.41, 5.74) is 0. The lowest BCUT2D eigenvalue weighted by Crippen LogP contribution is -2.47. The second-order valence-corrected chi connectivity index (χ2v) is 6.14. The fourth-order valence-electron chi connectivity index (χ4n) is 3.02. The molecule has 0 saturated carbocycles. The molecule has 0 radical (unpaired) electrons. The number of nitrogens with zero attached hydrogens (tertiary/aromatic N) is 4. The van der Waals surface area contributed by atoms with Gasteiger partial charge in [-0.15, -0.1) is 10.2 Å². The summed E-state index contributed by atoms with van der Waals surface area (Å²) in [7, 11) is 0. The molecule has 136 valence electrons. The van der Waals surface area contributed by atoms with Crippen molar-refractivity contribution in [3.8, 4) is 0 Å². The molecule has 2 rings (SSSR count). The Kier molecular flexibility index (Phi) is 5.84. The van der Waals surface area contributed by atoms with Crippen molar-refractivity contribution in [3.63, 3.8) is 0 Å². The SMILES string of the molecule is CCN(CC(F)(F)F)C(=O)[C@@H]1CCCN([C@H](C)c2nnc(C)o2)C1. The number of hydrogen-bond acceptors (Lipinski definition) is 5. The van der Waals surface area contributed by atoms with Crippen LogP contribution in [0.2, 0.25) is 0 Å². The third kappa shape index (κ3) is 4.68. The van der Waals surface area contributed by atoms with Crippen LogP contribution < -0.4 is 0 Å². The number of likely N-dealkylation sites (tertiary alicyclic amines) is 1. The van der Waals surface area contributed by atoms with Crippen LogP contribution in [0.3, 0.4) is 0 Å². The highest BCUT2D eigenvalue weighted by molar-refractivity contribution is 5.79. The van der Waals surface area contributed by atoms with E-state index in [9.17, 15) is 18.0 Å². The zero-order valence-electron chi connectivity index (χ0n) is 14.1. The van der Waals surface area contributed by atoms with Gasteiger partial charge in [0.2, 0.25) is 17.7 Å². The minimum absolute atomic E-state index is 0.0489. The van der Waals surface area contributed by atoms with Crippen LogP contribution in [-0.2, 0) is 4.79 Å². The minimum Gasteiger partial charge on any atom is -0.424 e. The summed E-state index contributed by atoms with van der Waals surface area (Å²) < 4.78 is 43.3. The standard InChI is InChI=1S/C15H23F3N4O2/c1-4-21(9-15(16,17)18)14(23)12-6-5-7-22(8-12)10(2)13-20-19-11(3)24-13/h10,12H,4-9H2,1-3H3/t10-,12-/m1/s1. The zero-order chi connectivity index (χ0) is 17.9. The summed E-state index contributed by atoms with van der Waals surface area (Å²) in [5, 5.41) is 7.78. The Morgan fingerprint density at radius 1 is 1.46 bits per heavy atom. The maximum Gasteiger partial charge on any atom is 0.406 e. The molecule has 2 heterocycles. The third-order valence-corrected chi connectivity index (χ3v) is 4.31. The summed E-state index contributed by atoms with van der Waals surface area (Å²) in [6, 6.07) is -0.167.